The van der Waals surface area contributed by atoms with Crippen molar-refractivity contribution in [2.45, 2.75) is 12.5 Å². The summed E-state index contributed by atoms with van der Waals surface area (Å²) >= 11 is 1.37. The minimum absolute atomic E-state index is 0.164. The lowest BCUT2D eigenvalue weighted by molar-refractivity contribution is 0.0720. The molecule has 1 rings (SSSR count). The molecule has 7 heteroatoms. The molecule has 0 spiro atoms. The molecule has 0 fully saturated rings. The Bertz CT molecular complexity index is 457. The number of carbonyl (C=O) groups is 1. The Labute approximate surface area is 113 Å². The van der Waals surface area contributed by atoms with E-state index in [1.165, 1.54) is 18.7 Å². The Morgan fingerprint density at radius 1 is 1.37 bits per heavy atom. The number of benzene rings is 1. The van der Waals surface area contributed by atoms with E-state index in [1.54, 1.807) is 6.26 Å². The van der Waals surface area contributed by atoms with Crippen LogP contribution in [-0.2, 0) is 0 Å². The van der Waals surface area contributed by atoms with Crippen LogP contribution in [0.4, 0.5) is 13.2 Å². The van der Waals surface area contributed by atoms with Crippen molar-refractivity contribution in [3.05, 3.63) is 35.1 Å². The van der Waals surface area contributed by atoms with Crippen molar-refractivity contribution in [2.24, 2.45) is 0 Å². The van der Waals surface area contributed by atoms with Crippen LogP contribution in [0.2, 0.25) is 0 Å². The van der Waals surface area contributed by atoms with Gasteiger partial charge in [0, 0.05) is 24.4 Å². The molecular weight excluding hydrogens is 279 g/mol. The van der Waals surface area contributed by atoms with Crippen LogP contribution in [0.3, 0.4) is 0 Å². The van der Waals surface area contributed by atoms with Crippen molar-refractivity contribution in [3.63, 3.8) is 0 Å². The number of thioether (sulfide) groups is 1. The summed E-state index contributed by atoms with van der Waals surface area (Å²) in [5.74, 6) is -4.34. The summed E-state index contributed by atoms with van der Waals surface area (Å²) in [6.07, 6.45) is 1.77. The first-order valence-electron chi connectivity index (χ1n) is 5.41. The molecule has 0 aromatic heterocycles. The average molecular weight is 293 g/mol. The lowest BCUT2D eigenvalue weighted by atomic mass is 10.1. The number of hydrogen-bond donors (Lipinski definition) is 2. The molecule has 1 aromatic rings. The molecule has 0 aliphatic carbocycles. The highest BCUT2D eigenvalue weighted by Gasteiger charge is 2.24. The third-order valence-electron chi connectivity index (χ3n) is 2.32. The van der Waals surface area contributed by atoms with Gasteiger partial charge in [-0.2, -0.15) is 11.8 Å². The Morgan fingerprint density at radius 3 is 2.37 bits per heavy atom. The van der Waals surface area contributed by atoms with Crippen LogP contribution in [0.25, 0.3) is 0 Å². The van der Waals surface area contributed by atoms with Gasteiger partial charge in [0.05, 0.1) is 5.60 Å². The molecule has 0 heterocycles. The van der Waals surface area contributed by atoms with Gasteiger partial charge in [-0.15, -0.1) is 0 Å². The maximum absolute atomic E-state index is 13.3. The number of halogens is 3. The molecule has 0 saturated heterocycles. The second kappa shape index (κ2) is 6.29. The largest absolute Gasteiger partial charge is 0.387 e. The van der Waals surface area contributed by atoms with Crippen LogP contribution >= 0.6 is 11.8 Å². The molecule has 0 aliphatic heterocycles. The predicted octanol–water partition coefficient (Wildman–Crippen LogP) is 1.95. The molecule has 1 unspecified atom stereocenters. The summed E-state index contributed by atoms with van der Waals surface area (Å²) in [5.41, 5.74) is -2.05. The summed E-state index contributed by atoms with van der Waals surface area (Å²) in [5, 5.41) is 12.0. The number of carbonyl (C=O) groups excluding carboxylic acids is 1. The number of rotatable bonds is 5. The Morgan fingerprint density at radius 2 is 1.89 bits per heavy atom. The molecule has 1 amide bonds. The van der Waals surface area contributed by atoms with Gasteiger partial charge >= 0.3 is 0 Å². The van der Waals surface area contributed by atoms with Crippen molar-refractivity contribution in [1.82, 2.24) is 5.32 Å². The van der Waals surface area contributed by atoms with Crippen molar-refractivity contribution in [2.75, 3.05) is 18.6 Å². The van der Waals surface area contributed by atoms with Crippen molar-refractivity contribution >= 4 is 17.7 Å². The first-order chi connectivity index (χ1) is 8.76. The van der Waals surface area contributed by atoms with E-state index in [1.807, 2.05) is 0 Å². The number of amides is 1. The molecule has 0 bridgehead atoms. The van der Waals surface area contributed by atoms with Crippen LogP contribution in [0.15, 0.2) is 12.1 Å². The molecular formula is C12H14F3NO2S. The Balaban J connectivity index is 2.80. The van der Waals surface area contributed by atoms with Gasteiger partial charge in [0.25, 0.3) is 5.91 Å². The smallest absolute Gasteiger partial charge is 0.257 e. The first kappa shape index (κ1) is 15.8. The Kier molecular flexibility index (Phi) is 5.25. The van der Waals surface area contributed by atoms with Gasteiger partial charge < -0.3 is 10.4 Å². The van der Waals surface area contributed by atoms with E-state index in [2.05, 4.69) is 5.32 Å². The van der Waals surface area contributed by atoms with E-state index >= 15 is 0 Å². The first-order valence-corrected chi connectivity index (χ1v) is 6.80. The molecule has 0 saturated carbocycles. The zero-order valence-electron chi connectivity index (χ0n) is 10.5. The molecule has 19 heavy (non-hydrogen) atoms. The molecule has 3 nitrogen and oxygen atoms in total. The standard InChI is InChI=1S/C12H14F3NO2S/c1-12(18,6-19-2)5-16-11(17)10-8(14)3-7(13)4-9(10)15/h3-4,18H,5-6H2,1-2H3,(H,16,17). The third kappa shape index (κ3) is 4.43. The Hall–Kier alpha value is -1.21. The second-order valence-corrected chi connectivity index (χ2v) is 5.22. The predicted molar refractivity (Wildman–Crippen MR) is 67.7 cm³/mol. The minimum atomic E-state index is -1.28. The molecule has 1 aromatic carbocycles. The maximum Gasteiger partial charge on any atom is 0.257 e. The summed E-state index contributed by atoms with van der Waals surface area (Å²) in [7, 11) is 0. The fourth-order valence-electron chi connectivity index (χ4n) is 1.48. The molecule has 106 valence electrons. The topological polar surface area (TPSA) is 49.3 Å². The van der Waals surface area contributed by atoms with Gasteiger partial charge in [0.15, 0.2) is 0 Å². The van der Waals surface area contributed by atoms with Crippen molar-refractivity contribution in [1.29, 1.82) is 0 Å². The number of hydrogen-bond acceptors (Lipinski definition) is 3. The quantitative estimate of drug-likeness (QED) is 0.872. The van der Waals surface area contributed by atoms with Gasteiger partial charge in [0.2, 0.25) is 0 Å². The van der Waals surface area contributed by atoms with Crippen LogP contribution in [0.1, 0.15) is 17.3 Å². The molecule has 2 N–H and O–H groups in total. The molecule has 1 atom stereocenters. The van der Waals surface area contributed by atoms with E-state index in [-0.39, 0.29) is 6.54 Å². The van der Waals surface area contributed by atoms with Crippen LogP contribution in [0, 0.1) is 17.5 Å². The van der Waals surface area contributed by atoms with Crippen molar-refractivity contribution < 1.29 is 23.1 Å². The summed E-state index contributed by atoms with van der Waals surface area (Å²) in [4.78, 5) is 11.6. The van der Waals surface area contributed by atoms with Crippen LogP contribution in [0.5, 0.6) is 0 Å². The number of aliphatic hydroxyl groups is 1. The minimum Gasteiger partial charge on any atom is -0.387 e. The summed E-state index contributed by atoms with van der Waals surface area (Å²) < 4.78 is 39.3. The van der Waals surface area contributed by atoms with Crippen molar-refractivity contribution in [3.8, 4) is 0 Å². The fraction of sp³-hybridized carbons (Fsp3) is 0.417. The average Bonchev–Trinajstić information content (AvgIpc) is 2.25. The second-order valence-electron chi connectivity index (χ2n) is 4.36. The van der Waals surface area contributed by atoms with Gasteiger partial charge in [-0.3, -0.25) is 4.79 Å². The highest BCUT2D eigenvalue weighted by molar-refractivity contribution is 7.98. The van der Waals surface area contributed by atoms with E-state index in [9.17, 15) is 23.1 Å². The highest BCUT2D eigenvalue weighted by Crippen LogP contribution is 2.15. The number of nitrogens with one attached hydrogen (secondary N) is 1. The van der Waals surface area contributed by atoms with Gasteiger partial charge in [-0.25, -0.2) is 13.2 Å². The molecule has 0 radical (unpaired) electrons. The van der Waals surface area contributed by atoms with Crippen LogP contribution < -0.4 is 5.32 Å². The van der Waals surface area contributed by atoms with Crippen LogP contribution in [-0.4, -0.2) is 35.2 Å². The summed E-state index contributed by atoms with van der Waals surface area (Å²) in [6, 6.07) is 0.857. The highest BCUT2D eigenvalue weighted by atomic mass is 32.2. The lowest BCUT2D eigenvalue weighted by Crippen LogP contribution is -2.42. The summed E-state index contributed by atoms with van der Waals surface area (Å²) in [6.45, 7) is 1.32. The molecule has 0 aliphatic rings. The fourth-order valence-corrected chi connectivity index (χ4v) is 2.20. The SMILES string of the molecule is CSCC(C)(O)CNC(=O)c1c(F)cc(F)cc1F. The van der Waals surface area contributed by atoms with E-state index in [0.717, 1.165) is 0 Å². The zero-order valence-corrected chi connectivity index (χ0v) is 11.3. The van der Waals surface area contributed by atoms with E-state index in [0.29, 0.717) is 17.9 Å². The maximum atomic E-state index is 13.3. The van der Waals surface area contributed by atoms with Gasteiger partial charge in [-0.05, 0) is 13.2 Å². The monoisotopic (exact) mass is 293 g/mol. The lowest BCUT2D eigenvalue weighted by Gasteiger charge is -2.22. The van der Waals surface area contributed by atoms with E-state index < -0.39 is 34.5 Å². The van der Waals surface area contributed by atoms with Gasteiger partial charge in [0.1, 0.15) is 23.0 Å². The van der Waals surface area contributed by atoms with E-state index in [4.69, 9.17) is 0 Å². The third-order valence-corrected chi connectivity index (χ3v) is 3.23. The normalized spacial score (nSPS) is 14.0. The zero-order chi connectivity index (χ0) is 14.6. The van der Waals surface area contributed by atoms with Gasteiger partial charge in [-0.1, -0.05) is 0 Å².